The lowest BCUT2D eigenvalue weighted by atomic mass is 10.0. The Morgan fingerprint density at radius 2 is 1.95 bits per heavy atom. The number of H-pyrrole nitrogens is 2. The Kier molecular flexibility index (Phi) is 7.57. The highest BCUT2D eigenvalue weighted by molar-refractivity contribution is 5.95. The first-order valence-electron chi connectivity index (χ1n) is 14.0. The zero-order chi connectivity index (χ0) is 28.3. The minimum Gasteiger partial charge on any atom is -0.337 e. The van der Waals surface area contributed by atoms with Gasteiger partial charge in [0.1, 0.15) is 17.3 Å². The molecule has 1 aliphatic rings. The van der Waals surface area contributed by atoms with Gasteiger partial charge in [-0.25, -0.2) is 13.8 Å². The molecule has 2 aromatic carbocycles. The van der Waals surface area contributed by atoms with Gasteiger partial charge in [0.25, 0.3) is 0 Å². The number of halogens is 2. The van der Waals surface area contributed by atoms with E-state index < -0.39 is 5.83 Å². The highest BCUT2D eigenvalue weighted by atomic mass is 19.1. The fourth-order valence-electron chi connectivity index (χ4n) is 5.65. The van der Waals surface area contributed by atoms with E-state index in [2.05, 4.69) is 32.1 Å². The largest absolute Gasteiger partial charge is 0.337 e. The van der Waals surface area contributed by atoms with Crippen molar-refractivity contribution in [2.75, 3.05) is 6.54 Å². The molecule has 6 rings (SSSR count). The quantitative estimate of drug-likeness (QED) is 0.221. The second kappa shape index (κ2) is 11.6. The maximum Gasteiger partial charge on any atom is 0.159 e. The summed E-state index contributed by atoms with van der Waals surface area (Å²) in [5.41, 5.74) is 4.99. The number of pyridine rings is 1. The van der Waals surface area contributed by atoms with Crippen LogP contribution < -0.4 is 15.9 Å². The fraction of sp³-hybridized carbons (Fsp3) is 0.242. The topological polar surface area (TPSA) is 82.3 Å². The summed E-state index contributed by atoms with van der Waals surface area (Å²) in [6.07, 6.45) is 10.4. The first-order valence-corrected chi connectivity index (χ1v) is 14.0. The van der Waals surface area contributed by atoms with E-state index in [1.54, 1.807) is 24.5 Å². The Bertz CT molecular complexity index is 1850. The van der Waals surface area contributed by atoms with Crippen molar-refractivity contribution in [3.8, 4) is 22.6 Å². The minimum atomic E-state index is -0.509. The van der Waals surface area contributed by atoms with Gasteiger partial charge in [0.15, 0.2) is 5.82 Å². The minimum absolute atomic E-state index is 0.220. The van der Waals surface area contributed by atoms with Gasteiger partial charge in [0.2, 0.25) is 0 Å². The van der Waals surface area contributed by atoms with Crippen LogP contribution in [0.2, 0.25) is 0 Å². The molecule has 208 valence electrons. The summed E-state index contributed by atoms with van der Waals surface area (Å²) >= 11 is 0. The lowest BCUT2D eigenvalue weighted by Gasteiger charge is -2.11. The number of allylic oxidation sites excluding steroid dienone is 1. The lowest BCUT2D eigenvalue weighted by Crippen LogP contribution is -2.26. The zero-order valence-electron chi connectivity index (χ0n) is 23.0. The van der Waals surface area contributed by atoms with Crippen LogP contribution in [0.25, 0.3) is 51.2 Å². The van der Waals surface area contributed by atoms with Crippen molar-refractivity contribution < 1.29 is 8.78 Å². The van der Waals surface area contributed by atoms with Gasteiger partial charge in [-0.2, -0.15) is 5.10 Å². The average molecular weight is 551 g/mol. The molecule has 6 nitrogen and oxygen atoms in total. The summed E-state index contributed by atoms with van der Waals surface area (Å²) in [7, 11) is 0. The highest BCUT2D eigenvalue weighted by Crippen LogP contribution is 2.30. The molecule has 0 bridgehead atoms. The van der Waals surface area contributed by atoms with Crippen molar-refractivity contribution in [1.29, 1.82) is 0 Å². The Morgan fingerprint density at radius 3 is 2.76 bits per heavy atom. The first-order chi connectivity index (χ1) is 20.0. The Balaban J connectivity index is 1.35. The molecule has 3 heterocycles. The maximum atomic E-state index is 16.3. The number of para-hydroxylation sites is 1. The highest BCUT2D eigenvalue weighted by Gasteiger charge is 2.19. The molecule has 41 heavy (non-hydrogen) atoms. The number of imidazole rings is 1. The van der Waals surface area contributed by atoms with Crippen LogP contribution in [0, 0.1) is 11.7 Å². The van der Waals surface area contributed by atoms with E-state index in [1.165, 1.54) is 37.8 Å². The number of aromatic amines is 2. The molecule has 1 saturated carbocycles. The molecule has 0 spiro atoms. The van der Waals surface area contributed by atoms with Crippen LogP contribution in [0.5, 0.6) is 0 Å². The zero-order valence-corrected chi connectivity index (χ0v) is 23.0. The van der Waals surface area contributed by atoms with Crippen molar-refractivity contribution in [3.05, 3.63) is 95.0 Å². The number of nitrogens with one attached hydrogen (secondary N) is 3. The van der Waals surface area contributed by atoms with Crippen molar-refractivity contribution in [1.82, 2.24) is 30.5 Å². The van der Waals surface area contributed by atoms with Crippen LogP contribution >= 0.6 is 0 Å². The molecule has 0 saturated heterocycles. The van der Waals surface area contributed by atoms with E-state index in [0.717, 1.165) is 29.1 Å². The van der Waals surface area contributed by atoms with Crippen LogP contribution in [0.1, 0.15) is 43.7 Å². The predicted octanol–water partition coefficient (Wildman–Crippen LogP) is 6.03. The molecule has 1 aliphatic carbocycles. The number of hydrogen-bond acceptors (Lipinski definition) is 4. The van der Waals surface area contributed by atoms with Crippen molar-refractivity contribution in [2.24, 2.45) is 5.92 Å². The molecule has 0 amide bonds. The van der Waals surface area contributed by atoms with E-state index in [0.29, 0.717) is 40.1 Å². The van der Waals surface area contributed by atoms with Gasteiger partial charge in [0.05, 0.1) is 21.6 Å². The van der Waals surface area contributed by atoms with Crippen LogP contribution in [0.15, 0.2) is 67.5 Å². The van der Waals surface area contributed by atoms with E-state index in [9.17, 15) is 4.39 Å². The van der Waals surface area contributed by atoms with E-state index in [-0.39, 0.29) is 16.6 Å². The Labute approximate surface area is 237 Å². The van der Waals surface area contributed by atoms with Crippen LogP contribution in [-0.2, 0) is 6.54 Å². The van der Waals surface area contributed by atoms with Gasteiger partial charge >= 0.3 is 0 Å². The monoisotopic (exact) mass is 550 g/mol. The summed E-state index contributed by atoms with van der Waals surface area (Å²) in [5.74, 6) is 0.296. The van der Waals surface area contributed by atoms with Crippen LogP contribution in [0.4, 0.5) is 8.78 Å². The van der Waals surface area contributed by atoms with Gasteiger partial charge in [-0.15, -0.1) is 0 Å². The number of hydrogen-bond donors (Lipinski definition) is 3. The number of aromatic nitrogens is 5. The van der Waals surface area contributed by atoms with Crippen molar-refractivity contribution in [3.63, 3.8) is 0 Å². The summed E-state index contributed by atoms with van der Waals surface area (Å²) in [5, 5.41) is 11.7. The van der Waals surface area contributed by atoms with Crippen LogP contribution in [-0.4, -0.2) is 31.7 Å². The number of rotatable bonds is 8. The van der Waals surface area contributed by atoms with Gasteiger partial charge in [0, 0.05) is 35.6 Å². The summed E-state index contributed by atoms with van der Waals surface area (Å²) in [6, 6.07) is 13.9. The molecule has 5 aromatic rings. The lowest BCUT2D eigenvalue weighted by molar-refractivity contribution is 0.489. The van der Waals surface area contributed by atoms with Gasteiger partial charge in [-0.1, -0.05) is 49.8 Å². The van der Waals surface area contributed by atoms with Gasteiger partial charge in [-0.3, -0.25) is 10.1 Å². The SMILES string of the molecule is C=C(/C(F)=c1/c(-c2nc3c(-c4cccc(F)c4)cccc3[nH]2)n[nH]/c1=C/C)c1cncc(CNCC2CCCC2)c1. The molecule has 3 N–H and O–H groups in total. The number of fused-ring (bicyclic) bond motifs is 1. The molecule has 1 fully saturated rings. The van der Waals surface area contributed by atoms with Gasteiger partial charge in [-0.05, 0) is 67.6 Å². The molecule has 0 radical (unpaired) electrons. The second-order valence-corrected chi connectivity index (χ2v) is 10.6. The normalized spacial score (nSPS) is 15.1. The molecule has 3 aromatic heterocycles. The van der Waals surface area contributed by atoms with Crippen molar-refractivity contribution in [2.45, 2.75) is 39.2 Å². The summed E-state index contributed by atoms with van der Waals surface area (Å²) in [4.78, 5) is 12.4. The molecular formula is C33H32F2N6. The van der Waals surface area contributed by atoms with Gasteiger partial charge < -0.3 is 10.3 Å². The Morgan fingerprint density at radius 1 is 1.12 bits per heavy atom. The van der Waals surface area contributed by atoms with E-state index in [4.69, 9.17) is 4.98 Å². The average Bonchev–Trinajstić information content (AvgIpc) is 3.76. The fourth-order valence-corrected chi connectivity index (χ4v) is 5.65. The maximum absolute atomic E-state index is 16.3. The number of nitrogens with zero attached hydrogens (tertiary/aromatic N) is 3. The third kappa shape index (κ3) is 5.47. The van der Waals surface area contributed by atoms with Crippen LogP contribution in [0.3, 0.4) is 0 Å². The standard InChI is InChI=1S/C33H32F2N6/c1-3-27-29(30(35)20(2)24-14-22(18-37-19-24)17-36-16-21-8-4-5-9-21)32(41-40-27)33-38-28-13-7-12-26(31(28)39-33)23-10-6-11-25(34)15-23/h3,6-7,10-15,18-19,21,36,40H,2,4-5,8-9,16-17H2,1H3,(H,38,39)/b27-3+,30-29-. The second-order valence-electron chi connectivity index (χ2n) is 10.6. The summed E-state index contributed by atoms with van der Waals surface area (Å²) < 4.78 is 30.2. The smallest absolute Gasteiger partial charge is 0.159 e. The molecule has 0 aliphatic heterocycles. The van der Waals surface area contributed by atoms with Crippen molar-refractivity contribution >= 4 is 28.5 Å². The Hall–Kier alpha value is -4.43. The first kappa shape index (κ1) is 26.8. The summed E-state index contributed by atoms with van der Waals surface area (Å²) in [6.45, 7) is 7.56. The molecule has 8 heteroatoms. The molecular weight excluding hydrogens is 518 g/mol. The predicted molar refractivity (Wildman–Crippen MR) is 160 cm³/mol. The van der Waals surface area contributed by atoms with E-state index in [1.807, 2.05) is 37.3 Å². The third-order valence-electron chi connectivity index (χ3n) is 7.82. The third-order valence-corrected chi connectivity index (χ3v) is 7.82. The van der Waals surface area contributed by atoms with E-state index >= 15 is 4.39 Å². The molecule has 0 atom stereocenters. The number of benzene rings is 2. The molecule has 0 unspecified atom stereocenters.